The number of nitrogens with zero attached hydrogens (tertiary/aromatic N) is 4. The monoisotopic (exact) mass is 344 g/mol. The second-order valence-corrected chi connectivity index (χ2v) is 6.21. The first-order chi connectivity index (χ1) is 12.1. The van der Waals surface area contributed by atoms with Crippen molar-refractivity contribution >= 4 is 17.5 Å². The highest BCUT2D eigenvalue weighted by Gasteiger charge is 2.25. The van der Waals surface area contributed by atoms with Gasteiger partial charge >= 0.3 is 0 Å². The number of carbonyl (C=O) groups is 2. The standard InChI is InChI=1S/C17H24N6O2/c1-3-22(4-2)10-12-8-19-15-13(9-20-23(15)11-12)16(24)21-14-6-5-7-18-17(14)25/h8-9,11,14H,3-7,10H2,1-2H3,(H,18,25)(H,21,24). The molecule has 0 radical (unpaired) electrons. The third kappa shape index (κ3) is 3.79. The fraction of sp³-hybridized carbons (Fsp3) is 0.529. The van der Waals surface area contributed by atoms with Gasteiger partial charge in [-0.3, -0.25) is 14.5 Å². The number of nitrogens with one attached hydrogen (secondary N) is 2. The van der Waals surface area contributed by atoms with Gasteiger partial charge in [0.15, 0.2) is 5.65 Å². The van der Waals surface area contributed by atoms with Gasteiger partial charge in [0.25, 0.3) is 5.91 Å². The highest BCUT2D eigenvalue weighted by Crippen LogP contribution is 2.12. The Morgan fingerprint density at radius 3 is 2.92 bits per heavy atom. The number of rotatable bonds is 6. The summed E-state index contributed by atoms with van der Waals surface area (Å²) >= 11 is 0. The number of carbonyl (C=O) groups excluding carboxylic acids is 2. The van der Waals surface area contributed by atoms with Crippen molar-refractivity contribution in [3.63, 3.8) is 0 Å². The number of hydrogen-bond donors (Lipinski definition) is 2. The molecule has 25 heavy (non-hydrogen) atoms. The van der Waals surface area contributed by atoms with Gasteiger partial charge in [-0.1, -0.05) is 13.8 Å². The summed E-state index contributed by atoms with van der Waals surface area (Å²) in [5, 5.41) is 9.78. The molecule has 0 saturated carbocycles. The molecule has 8 heteroatoms. The minimum atomic E-state index is -0.488. The van der Waals surface area contributed by atoms with E-state index in [1.165, 1.54) is 6.20 Å². The molecule has 0 bridgehead atoms. The lowest BCUT2D eigenvalue weighted by atomic mass is 10.1. The zero-order chi connectivity index (χ0) is 17.8. The summed E-state index contributed by atoms with van der Waals surface area (Å²) in [6, 6.07) is -0.488. The number of aromatic nitrogens is 3. The third-order valence-electron chi connectivity index (χ3n) is 4.55. The molecule has 134 valence electrons. The van der Waals surface area contributed by atoms with Gasteiger partial charge in [0.05, 0.1) is 6.20 Å². The van der Waals surface area contributed by atoms with Crippen molar-refractivity contribution in [1.29, 1.82) is 0 Å². The largest absolute Gasteiger partial charge is 0.354 e. The van der Waals surface area contributed by atoms with Crippen molar-refractivity contribution in [3.05, 3.63) is 29.7 Å². The second-order valence-electron chi connectivity index (χ2n) is 6.21. The Morgan fingerprint density at radius 2 is 2.20 bits per heavy atom. The Kier molecular flexibility index (Phi) is 5.28. The maximum Gasteiger partial charge on any atom is 0.257 e. The molecular formula is C17H24N6O2. The van der Waals surface area contributed by atoms with E-state index in [-0.39, 0.29) is 11.8 Å². The zero-order valence-electron chi connectivity index (χ0n) is 14.7. The van der Waals surface area contributed by atoms with Gasteiger partial charge in [0.2, 0.25) is 5.91 Å². The number of piperidine rings is 1. The number of amides is 2. The smallest absolute Gasteiger partial charge is 0.257 e. The Balaban J connectivity index is 1.76. The van der Waals surface area contributed by atoms with Crippen LogP contribution in [0.3, 0.4) is 0 Å². The van der Waals surface area contributed by atoms with E-state index in [0.717, 1.165) is 31.6 Å². The Labute approximate surface area is 146 Å². The van der Waals surface area contributed by atoms with Crippen LogP contribution in [-0.2, 0) is 11.3 Å². The predicted octanol–water partition coefficient (Wildman–Crippen LogP) is 0.580. The summed E-state index contributed by atoms with van der Waals surface area (Å²) in [4.78, 5) is 31.0. The number of hydrogen-bond acceptors (Lipinski definition) is 5. The summed E-state index contributed by atoms with van der Waals surface area (Å²) in [6.45, 7) is 7.62. The lowest BCUT2D eigenvalue weighted by Gasteiger charge is -2.22. The summed E-state index contributed by atoms with van der Waals surface area (Å²) < 4.78 is 1.62. The van der Waals surface area contributed by atoms with Gasteiger partial charge in [-0.25, -0.2) is 9.50 Å². The van der Waals surface area contributed by atoms with E-state index >= 15 is 0 Å². The summed E-state index contributed by atoms with van der Waals surface area (Å²) in [7, 11) is 0. The molecule has 1 aliphatic rings. The van der Waals surface area contributed by atoms with E-state index in [0.29, 0.717) is 24.2 Å². The predicted molar refractivity (Wildman–Crippen MR) is 93.1 cm³/mol. The van der Waals surface area contributed by atoms with Crippen molar-refractivity contribution in [2.75, 3.05) is 19.6 Å². The van der Waals surface area contributed by atoms with Gasteiger partial charge in [-0.2, -0.15) is 5.10 Å². The molecule has 0 aromatic carbocycles. The van der Waals surface area contributed by atoms with Crippen LogP contribution in [-0.4, -0.2) is 57.0 Å². The van der Waals surface area contributed by atoms with Gasteiger partial charge in [-0.15, -0.1) is 0 Å². The molecule has 0 aliphatic carbocycles. The molecule has 2 aromatic rings. The lowest BCUT2D eigenvalue weighted by Crippen LogP contribution is -2.50. The van der Waals surface area contributed by atoms with E-state index in [4.69, 9.17) is 0 Å². The first-order valence-electron chi connectivity index (χ1n) is 8.75. The van der Waals surface area contributed by atoms with Crippen molar-refractivity contribution in [2.24, 2.45) is 0 Å². The topological polar surface area (TPSA) is 91.6 Å². The first-order valence-corrected chi connectivity index (χ1v) is 8.75. The number of fused-ring (bicyclic) bond motifs is 1. The minimum Gasteiger partial charge on any atom is -0.354 e. The molecule has 3 heterocycles. The Morgan fingerprint density at radius 1 is 1.40 bits per heavy atom. The van der Waals surface area contributed by atoms with Gasteiger partial charge in [-0.05, 0) is 25.9 Å². The summed E-state index contributed by atoms with van der Waals surface area (Å²) in [5.41, 5.74) is 1.92. The van der Waals surface area contributed by atoms with Gasteiger partial charge < -0.3 is 10.6 Å². The molecule has 1 unspecified atom stereocenters. The van der Waals surface area contributed by atoms with Crippen LogP contribution in [0.2, 0.25) is 0 Å². The maximum atomic E-state index is 12.5. The maximum absolute atomic E-state index is 12.5. The molecule has 2 amide bonds. The third-order valence-corrected chi connectivity index (χ3v) is 4.55. The quantitative estimate of drug-likeness (QED) is 0.800. The molecule has 3 rings (SSSR count). The van der Waals surface area contributed by atoms with E-state index < -0.39 is 6.04 Å². The van der Waals surface area contributed by atoms with Crippen LogP contribution in [0.4, 0.5) is 0 Å². The Bertz CT molecular complexity index is 768. The molecule has 1 saturated heterocycles. The van der Waals surface area contributed by atoms with E-state index in [1.54, 1.807) is 10.7 Å². The SMILES string of the molecule is CCN(CC)Cc1cnc2c(C(=O)NC3CCCNC3=O)cnn2c1. The molecule has 1 atom stereocenters. The fourth-order valence-corrected chi connectivity index (χ4v) is 3.01. The normalized spacial score (nSPS) is 17.7. The summed E-state index contributed by atoms with van der Waals surface area (Å²) in [6.07, 6.45) is 6.68. The van der Waals surface area contributed by atoms with Crippen LogP contribution < -0.4 is 10.6 Å². The van der Waals surface area contributed by atoms with Crippen molar-refractivity contribution in [1.82, 2.24) is 30.1 Å². The van der Waals surface area contributed by atoms with E-state index in [1.807, 2.05) is 6.20 Å². The summed E-state index contributed by atoms with van der Waals surface area (Å²) in [5.74, 6) is -0.452. The van der Waals surface area contributed by atoms with Crippen LogP contribution in [0.25, 0.3) is 5.65 Å². The molecule has 1 fully saturated rings. The van der Waals surface area contributed by atoms with Crippen LogP contribution in [0.1, 0.15) is 42.6 Å². The fourth-order valence-electron chi connectivity index (χ4n) is 3.01. The highest BCUT2D eigenvalue weighted by molar-refractivity contribution is 6.01. The molecule has 8 nitrogen and oxygen atoms in total. The van der Waals surface area contributed by atoms with Crippen LogP contribution in [0.15, 0.2) is 18.6 Å². The van der Waals surface area contributed by atoms with Crippen molar-refractivity contribution in [3.8, 4) is 0 Å². The van der Waals surface area contributed by atoms with Crippen LogP contribution in [0.5, 0.6) is 0 Å². The molecule has 2 N–H and O–H groups in total. The van der Waals surface area contributed by atoms with Crippen LogP contribution >= 0.6 is 0 Å². The van der Waals surface area contributed by atoms with Crippen molar-refractivity contribution < 1.29 is 9.59 Å². The molecule has 2 aromatic heterocycles. The molecule has 1 aliphatic heterocycles. The highest BCUT2D eigenvalue weighted by atomic mass is 16.2. The lowest BCUT2D eigenvalue weighted by molar-refractivity contribution is -0.124. The average molecular weight is 344 g/mol. The van der Waals surface area contributed by atoms with Crippen LogP contribution in [0, 0.1) is 0 Å². The second kappa shape index (κ2) is 7.60. The first kappa shape index (κ1) is 17.3. The zero-order valence-corrected chi connectivity index (χ0v) is 14.7. The molecular weight excluding hydrogens is 320 g/mol. The van der Waals surface area contributed by atoms with Gasteiger partial charge in [0.1, 0.15) is 11.6 Å². The van der Waals surface area contributed by atoms with Gasteiger partial charge in [0, 0.05) is 31.0 Å². The molecule has 0 spiro atoms. The average Bonchev–Trinajstić information content (AvgIpc) is 3.05. The Hall–Kier alpha value is -2.48. The van der Waals surface area contributed by atoms with E-state index in [2.05, 4.69) is 39.5 Å². The van der Waals surface area contributed by atoms with Crippen molar-refractivity contribution in [2.45, 2.75) is 39.3 Å². The van der Waals surface area contributed by atoms with E-state index in [9.17, 15) is 9.59 Å². The minimum absolute atomic E-state index is 0.134.